The standard InChI is InChI=1S/C32H30N4O6/c1-20-5-7-23(8-6-20)36-29(18-26(34-36)27-4-3-15-40-27)33-31(38)32(39)35-13-11-22(12-14-35)19-41-24-9-10-25-21(2)16-30(37)42-28(25)17-24/h3-10,15-18,22H,11-14,19H2,1-2H3,(H,33,38). The van der Waals surface area contributed by atoms with Gasteiger partial charge in [-0.2, -0.15) is 5.10 Å². The fourth-order valence-electron chi connectivity index (χ4n) is 5.12. The first-order chi connectivity index (χ1) is 20.3. The molecule has 0 spiro atoms. The highest BCUT2D eigenvalue weighted by atomic mass is 16.5. The number of hydrogen-bond acceptors (Lipinski definition) is 7. The molecule has 6 rings (SSSR count). The van der Waals surface area contributed by atoms with E-state index in [-0.39, 0.29) is 5.92 Å². The summed E-state index contributed by atoms with van der Waals surface area (Å²) in [6, 6.07) is 19.9. The molecule has 5 aromatic rings. The number of carbonyl (C=O) groups is 2. The van der Waals surface area contributed by atoms with E-state index in [0.717, 1.165) is 22.2 Å². The van der Waals surface area contributed by atoms with E-state index in [1.807, 2.05) is 50.2 Å². The monoisotopic (exact) mass is 566 g/mol. The van der Waals surface area contributed by atoms with Gasteiger partial charge in [0.1, 0.15) is 22.8 Å². The number of piperidine rings is 1. The Bertz CT molecular complexity index is 1800. The minimum Gasteiger partial charge on any atom is -0.493 e. The SMILES string of the molecule is Cc1ccc(-n2nc(-c3ccco3)cc2NC(=O)C(=O)N2CCC(COc3ccc4c(C)cc(=O)oc4c3)CC2)cc1. The number of furan rings is 1. The lowest BCUT2D eigenvalue weighted by molar-refractivity contribution is -0.144. The summed E-state index contributed by atoms with van der Waals surface area (Å²) in [5, 5.41) is 8.23. The van der Waals surface area contributed by atoms with E-state index in [4.69, 9.17) is 13.6 Å². The van der Waals surface area contributed by atoms with Crippen LogP contribution in [0.4, 0.5) is 5.82 Å². The molecule has 0 unspecified atom stereocenters. The maximum Gasteiger partial charge on any atom is 0.336 e. The zero-order valence-corrected chi connectivity index (χ0v) is 23.3. The Morgan fingerprint density at radius 2 is 1.81 bits per heavy atom. The number of benzene rings is 2. The summed E-state index contributed by atoms with van der Waals surface area (Å²) in [6.45, 7) is 5.21. The third kappa shape index (κ3) is 5.69. The highest BCUT2D eigenvalue weighted by Crippen LogP contribution is 2.27. The molecule has 4 heterocycles. The van der Waals surface area contributed by atoms with Crippen molar-refractivity contribution in [3.63, 3.8) is 0 Å². The van der Waals surface area contributed by atoms with Gasteiger partial charge in [-0.15, -0.1) is 0 Å². The van der Waals surface area contributed by atoms with E-state index < -0.39 is 17.4 Å². The fraction of sp³-hybridized carbons (Fsp3) is 0.250. The van der Waals surface area contributed by atoms with Gasteiger partial charge in [0.2, 0.25) is 0 Å². The number of carbonyl (C=O) groups excluding carboxylic acids is 2. The van der Waals surface area contributed by atoms with E-state index >= 15 is 0 Å². The molecule has 1 saturated heterocycles. The number of nitrogens with one attached hydrogen (secondary N) is 1. The number of fused-ring (bicyclic) bond motifs is 1. The van der Waals surface area contributed by atoms with E-state index in [1.54, 1.807) is 40.1 Å². The highest BCUT2D eigenvalue weighted by Gasteiger charge is 2.28. The molecule has 1 aliphatic rings. The first-order valence-electron chi connectivity index (χ1n) is 13.8. The van der Waals surface area contributed by atoms with Crippen molar-refractivity contribution in [2.75, 3.05) is 25.0 Å². The van der Waals surface area contributed by atoms with Gasteiger partial charge in [0, 0.05) is 36.7 Å². The van der Waals surface area contributed by atoms with E-state index in [2.05, 4.69) is 10.4 Å². The molecule has 214 valence electrons. The van der Waals surface area contributed by atoms with Crippen LogP contribution in [0.2, 0.25) is 0 Å². The molecular weight excluding hydrogens is 536 g/mol. The van der Waals surface area contributed by atoms with Crippen LogP contribution >= 0.6 is 0 Å². The molecule has 10 nitrogen and oxygen atoms in total. The summed E-state index contributed by atoms with van der Waals surface area (Å²) in [5.41, 5.74) is 3.32. The number of rotatable bonds is 6. The molecule has 0 bridgehead atoms. The van der Waals surface area contributed by atoms with Gasteiger partial charge in [-0.05, 0) is 74.6 Å². The van der Waals surface area contributed by atoms with Gasteiger partial charge < -0.3 is 23.8 Å². The second kappa shape index (κ2) is 11.4. The molecule has 10 heteroatoms. The van der Waals surface area contributed by atoms with Gasteiger partial charge in [-0.1, -0.05) is 17.7 Å². The zero-order valence-electron chi connectivity index (χ0n) is 23.3. The topological polar surface area (TPSA) is 120 Å². The predicted octanol–water partition coefficient (Wildman–Crippen LogP) is 5.11. The van der Waals surface area contributed by atoms with Crippen LogP contribution in [0.1, 0.15) is 24.0 Å². The van der Waals surface area contributed by atoms with Crippen molar-refractivity contribution < 1.29 is 23.2 Å². The van der Waals surface area contributed by atoms with Crippen molar-refractivity contribution in [3.8, 4) is 22.9 Å². The molecule has 2 amide bonds. The van der Waals surface area contributed by atoms with Gasteiger partial charge in [0.15, 0.2) is 5.76 Å². The second-order valence-corrected chi connectivity index (χ2v) is 10.5. The van der Waals surface area contributed by atoms with Crippen LogP contribution in [0.3, 0.4) is 0 Å². The largest absolute Gasteiger partial charge is 0.493 e. The first-order valence-corrected chi connectivity index (χ1v) is 13.8. The number of hydrogen-bond donors (Lipinski definition) is 1. The lowest BCUT2D eigenvalue weighted by atomic mass is 9.97. The molecule has 3 aromatic heterocycles. The highest BCUT2D eigenvalue weighted by molar-refractivity contribution is 6.39. The number of anilines is 1. The molecule has 0 saturated carbocycles. The average Bonchev–Trinajstić information content (AvgIpc) is 3.67. The molecule has 0 radical (unpaired) electrons. The lowest BCUT2D eigenvalue weighted by Gasteiger charge is -2.31. The average molecular weight is 567 g/mol. The summed E-state index contributed by atoms with van der Waals surface area (Å²) in [6.07, 6.45) is 2.95. The van der Waals surface area contributed by atoms with E-state index in [1.165, 1.54) is 6.07 Å². The Labute approximate surface area is 241 Å². The molecule has 42 heavy (non-hydrogen) atoms. The van der Waals surface area contributed by atoms with Crippen LogP contribution in [0, 0.1) is 19.8 Å². The number of aromatic nitrogens is 2. The molecule has 1 N–H and O–H groups in total. The van der Waals surface area contributed by atoms with Crippen molar-refractivity contribution in [1.82, 2.24) is 14.7 Å². The maximum atomic E-state index is 13.1. The molecule has 1 fully saturated rings. The normalized spacial score (nSPS) is 13.8. The van der Waals surface area contributed by atoms with Gasteiger partial charge in [-0.25, -0.2) is 9.48 Å². The summed E-state index contributed by atoms with van der Waals surface area (Å²) < 4.78 is 18.4. The van der Waals surface area contributed by atoms with Gasteiger partial charge >= 0.3 is 17.4 Å². The minimum atomic E-state index is -0.725. The number of aryl methyl sites for hydroxylation is 2. The maximum absolute atomic E-state index is 13.1. The van der Waals surface area contributed by atoms with Gasteiger partial charge in [0.25, 0.3) is 0 Å². The smallest absolute Gasteiger partial charge is 0.336 e. The Hall–Kier alpha value is -5.12. The predicted molar refractivity (Wildman–Crippen MR) is 157 cm³/mol. The van der Waals surface area contributed by atoms with E-state index in [0.29, 0.717) is 61.1 Å². The number of amides is 2. The summed E-state index contributed by atoms with van der Waals surface area (Å²) >= 11 is 0. The minimum absolute atomic E-state index is 0.219. The third-order valence-electron chi connectivity index (χ3n) is 7.51. The zero-order chi connectivity index (χ0) is 29.2. The quantitative estimate of drug-likeness (QED) is 0.224. The molecule has 2 aromatic carbocycles. The Morgan fingerprint density at radius 1 is 1.02 bits per heavy atom. The Balaban J connectivity index is 1.07. The molecule has 0 aliphatic carbocycles. The first kappa shape index (κ1) is 27.1. The summed E-state index contributed by atoms with van der Waals surface area (Å²) in [5.74, 6) is 0.440. The van der Waals surface area contributed by atoms with Crippen LogP contribution in [0.25, 0.3) is 28.1 Å². The second-order valence-electron chi connectivity index (χ2n) is 10.5. The number of likely N-dealkylation sites (tertiary alicyclic amines) is 1. The van der Waals surface area contributed by atoms with Gasteiger partial charge in [0.05, 0.1) is 18.6 Å². The van der Waals surface area contributed by atoms with Crippen molar-refractivity contribution in [3.05, 3.63) is 94.5 Å². The molecule has 1 aliphatic heterocycles. The summed E-state index contributed by atoms with van der Waals surface area (Å²) in [4.78, 5) is 39.5. The van der Waals surface area contributed by atoms with Crippen LogP contribution < -0.4 is 15.7 Å². The van der Waals surface area contributed by atoms with Crippen LogP contribution in [-0.4, -0.2) is 46.2 Å². The number of ether oxygens (including phenoxy) is 1. The molecular formula is C32H30N4O6. The van der Waals surface area contributed by atoms with Gasteiger partial charge in [-0.3, -0.25) is 9.59 Å². The lowest BCUT2D eigenvalue weighted by Crippen LogP contribution is -2.45. The molecule has 0 atom stereocenters. The fourth-order valence-corrected chi connectivity index (χ4v) is 5.12. The van der Waals surface area contributed by atoms with Crippen LogP contribution in [0.5, 0.6) is 5.75 Å². The van der Waals surface area contributed by atoms with Crippen molar-refractivity contribution in [2.45, 2.75) is 26.7 Å². The van der Waals surface area contributed by atoms with E-state index in [9.17, 15) is 14.4 Å². The van der Waals surface area contributed by atoms with Crippen molar-refractivity contribution >= 4 is 28.6 Å². The Morgan fingerprint density at radius 3 is 2.55 bits per heavy atom. The van der Waals surface area contributed by atoms with Crippen molar-refractivity contribution in [1.29, 1.82) is 0 Å². The van der Waals surface area contributed by atoms with Crippen molar-refractivity contribution in [2.24, 2.45) is 5.92 Å². The van der Waals surface area contributed by atoms with Crippen LogP contribution in [-0.2, 0) is 9.59 Å². The third-order valence-corrected chi connectivity index (χ3v) is 7.51. The Kier molecular flexibility index (Phi) is 7.35. The van der Waals surface area contributed by atoms with Crippen LogP contribution in [0.15, 0.2) is 86.6 Å². The summed E-state index contributed by atoms with van der Waals surface area (Å²) in [7, 11) is 0. The number of nitrogens with zero attached hydrogens (tertiary/aromatic N) is 3.